The van der Waals surface area contributed by atoms with E-state index < -0.39 is 5.97 Å². The lowest BCUT2D eigenvalue weighted by atomic mass is 10.1. The second-order valence-corrected chi connectivity index (χ2v) is 9.10. The maximum absolute atomic E-state index is 12.4. The Morgan fingerprint density at radius 2 is 1.79 bits per heavy atom. The number of carbonyl (C=O) groups is 1. The van der Waals surface area contributed by atoms with Gasteiger partial charge >= 0.3 is 5.97 Å². The monoisotopic (exact) mass is 593 g/mol. The molecular weight excluding hydrogens is 576 g/mol. The first-order valence-corrected chi connectivity index (χ1v) is 11.9. The van der Waals surface area contributed by atoms with Crippen LogP contribution in [0.25, 0.3) is 6.08 Å². The SMILES string of the molecule is CCOc1cc(/C=C2\N=C(c3ccc(Cl)cc3Cl)OC2=O)ccc1OCc1ccc(I)cc1. The van der Waals surface area contributed by atoms with Gasteiger partial charge in [0.25, 0.3) is 0 Å². The van der Waals surface area contributed by atoms with Crippen molar-refractivity contribution in [3.8, 4) is 11.5 Å². The van der Waals surface area contributed by atoms with E-state index in [9.17, 15) is 4.79 Å². The van der Waals surface area contributed by atoms with Crippen molar-refractivity contribution in [1.82, 2.24) is 0 Å². The molecule has 0 bridgehead atoms. The number of halogens is 3. The fraction of sp³-hybridized carbons (Fsp3) is 0.120. The van der Waals surface area contributed by atoms with Crippen molar-refractivity contribution in [1.29, 1.82) is 0 Å². The Hall–Kier alpha value is -2.55. The van der Waals surface area contributed by atoms with Crippen molar-refractivity contribution >= 4 is 63.7 Å². The summed E-state index contributed by atoms with van der Waals surface area (Å²) in [7, 11) is 0. The molecule has 1 heterocycles. The molecule has 5 nitrogen and oxygen atoms in total. The molecule has 0 amide bonds. The smallest absolute Gasteiger partial charge is 0.363 e. The number of rotatable bonds is 7. The second-order valence-electron chi connectivity index (χ2n) is 7.01. The Bertz CT molecular complexity index is 1260. The lowest BCUT2D eigenvalue weighted by Crippen LogP contribution is -2.05. The largest absolute Gasteiger partial charge is 0.490 e. The van der Waals surface area contributed by atoms with Gasteiger partial charge in [-0.25, -0.2) is 9.79 Å². The van der Waals surface area contributed by atoms with Crippen LogP contribution in [0.4, 0.5) is 0 Å². The third-order valence-electron chi connectivity index (χ3n) is 4.66. The summed E-state index contributed by atoms with van der Waals surface area (Å²) in [6, 6.07) is 18.4. The van der Waals surface area contributed by atoms with E-state index in [2.05, 4.69) is 27.6 Å². The van der Waals surface area contributed by atoms with E-state index >= 15 is 0 Å². The third kappa shape index (κ3) is 5.88. The number of hydrogen-bond donors (Lipinski definition) is 0. The molecule has 3 aromatic carbocycles. The van der Waals surface area contributed by atoms with E-state index in [1.54, 1.807) is 30.3 Å². The highest BCUT2D eigenvalue weighted by Gasteiger charge is 2.25. The Morgan fingerprint density at radius 1 is 1.00 bits per heavy atom. The number of hydrogen-bond acceptors (Lipinski definition) is 5. The predicted molar refractivity (Wildman–Crippen MR) is 138 cm³/mol. The van der Waals surface area contributed by atoms with Crippen LogP contribution in [-0.2, 0) is 16.1 Å². The maximum Gasteiger partial charge on any atom is 0.363 e. The molecule has 0 unspecified atom stereocenters. The summed E-state index contributed by atoms with van der Waals surface area (Å²) in [6.45, 7) is 2.79. The van der Waals surface area contributed by atoms with Gasteiger partial charge in [0.05, 0.1) is 17.2 Å². The van der Waals surface area contributed by atoms with Gasteiger partial charge in [-0.1, -0.05) is 41.4 Å². The van der Waals surface area contributed by atoms with Gasteiger partial charge in [-0.2, -0.15) is 0 Å². The van der Waals surface area contributed by atoms with Gasteiger partial charge in [-0.05, 0) is 89.2 Å². The summed E-state index contributed by atoms with van der Waals surface area (Å²) in [4.78, 5) is 16.7. The molecular formula is C25H18Cl2INO4. The molecule has 4 rings (SSSR count). The minimum absolute atomic E-state index is 0.135. The van der Waals surface area contributed by atoms with Crippen molar-refractivity contribution < 1.29 is 19.0 Å². The minimum Gasteiger partial charge on any atom is -0.490 e. The first-order valence-electron chi connectivity index (χ1n) is 10.0. The van der Waals surface area contributed by atoms with Crippen molar-refractivity contribution in [2.45, 2.75) is 13.5 Å². The number of carbonyl (C=O) groups excluding carboxylic acids is 1. The van der Waals surface area contributed by atoms with Gasteiger partial charge in [-0.3, -0.25) is 0 Å². The highest BCUT2D eigenvalue weighted by atomic mass is 127. The quantitative estimate of drug-likeness (QED) is 0.169. The second kappa shape index (κ2) is 10.6. The Morgan fingerprint density at radius 3 is 2.52 bits per heavy atom. The zero-order chi connectivity index (χ0) is 23.4. The summed E-state index contributed by atoms with van der Waals surface area (Å²) in [5.41, 5.74) is 2.43. The first kappa shape index (κ1) is 23.6. The lowest BCUT2D eigenvalue weighted by Gasteiger charge is -2.13. The number of nitrogens with zero attached hydrogens (tertiary/aromatic N) is 1. The maximum atomic E-state index is 12.4. The van der Waals surface area contributed by atoms with E-state index in [4.69, 9.17) is 37.4 Å². The van der Waals surface area contributed by atoms with E-state index in [1.165, 1.54) is 3.57 Å². The molecule has 1 aliphatic rings. The third-order valence-corrected chi connectivity index (χ3v) is 5.93. The summed E-state index contributed by atoms with van der Waals surface area (Å²) < 4.78 is 18.2. The van der Waals surface area contributed by atoms with Crippen LogP contribution < -0.4 is 9.47 Å². The van der Waals surface area contributed by atoms with Crippen LogP contribution >= 0.6 is 45.8 Å². The van der Waals surface area contributed by atoms with Crippen molar-refractivity contribution in [2.75, 3.05) is 6.61 Å². The molecule has 33 heavy (non-hydrogen) atoms. The molecule has 8 heteroatoms. The Labute approximate surface area is 215 Å². The van der Waals surface area contributed by atoms with Gasteiger partial charge < -0.3 is 14.2 Å². The van der Waals surface area contributed by atoms with E-state index in [-0.39, 0.29) is 11.6 Å². The fourth-order valence-electron chi connectivity index (χ4n) is 3.09. The molecule has 0 N–H and O–H groups in total. The molecule has 0 saturated heterocycles. The average molecular weight is 594 g/mol. The normalized spacial score (nSPS) is 14.2. The zero-order valence-electron chi connectivity index (χ0n) is 17.5. The summed E-state index contributed by atoms with van der Waals surface area (Å²) in [6.07, 6.45) is 1.63. The highest BCUT2D eigenvalue weighted by Crippen LogP contribution is 2.31. The Balaban J connectivity index is 1.56. The number of aliphatic imine (C=N–C) groups is 1. The molecule has 0 saturated carbocycles. The number of esters is 1. The average Bonchev–Trinajstić information content (AvgIpc) is 3.14. The topological polar surface area (TPSA) is 57.1 Å². The standard InChI is InChI=1S/C25H18Cl2INO4/c1-2-31-23-12-16(5-10-22(23)32-14-15-3-7-18(28)8-4-15)11-21-25(30)33-24(29-21)19-9-6-17(26)13-20(19)27/h3-13H,2,14H2,1H3/b21-11-. The van der Waals surface area contributed by atoms with Crippen LogP contribution in [-0.4, -0.2) is 18.5 Å². The number of benzene rings is 3. The molecule has 0 atom stereocenters. The van der Waals surface area contributed by atoms with Crippen LogP contribution in [0.15, 0.2) is 71.4 Å². The molecule has 168 valence electrons. The minimum atomic E-state index is -0.562. The summed E-state index contributed by atoms with van der Waals surface area (Å²) >= 11 is 14.4. The van der Waals surface area contributed by atoms with Crippen LogP contribution in [0.3, 0.4) is 0 Å². The van der Waals surface area contributed by atoms with Crippen LogP contribution in [0, 0.1) is 3.57 Å². The molecule has 0 radical (unpaired) electrons. The van der Waals surface area contributed by atoms with Gasteiger partial charge in [-0.15, -0.1) is 0 Å². The number of cyclic esters (lactones) is 1. The van der Waals surface area contributed by atoms with Crippen LogP contribution in [0.1, 0.15) is 23.6 Å². The van der Waals surface area contributed by atoms with Crippen molar-refractivity contribution in [3.63, 3.8) is 0 Å². The summed E-state index contributed by atoms with van der Waals surface area (Å²) in [5.74, 6) is 0.765. The number of ether oxygens (including phenoxy) is 3. The van der Waals surface area contributed by atoms with E-state index in [0.29, 0.717) is 40.3 Å². The van der Waals surface area contributed by atoms with E-state index in [0.717, 1.165) is 11.1 Å². The van der Waals surface area contributed by atoms with Gasteiger partial charge in [0.1, 0.15) is 6.61 Å². The highest BCUT2D eigenvalue weighted by molar-refractivity contribution is 14.1. The summed E-state index contributed by atoms with van der Waals surface area (Å²) in [5, 5.41) is 0.834. The van der Waals surface area contributed by atoms with Gasteiger partial charge in [0.15, 0.2) is 17.2 Å². The zero-order valence-corrected chi connectivity index (χ0v) is 21.1. The molecule has 0 fully saturated rings. The van der Waals surface area contributed by atoms with Crippen LogP contribution in [0.2, 0.25) is 10.0 Å². The molecule has 1 aliphatic heterocycles. The first-order chi connectivity index (χ1) is 15.9. The predicted octanol–water partition coefficient (Wildman–Crippen LogP) is 6.92. The molecule has 0 aromatic heterocycles. The van der Waals surface area contributed by atoms with Crippen molar-refractivity contribution in [2.24, 2.45) is 4.99 Å². The van der Waals surface area contributed by atoms with Crippen LogP contribution in [0.5, 0.6) is 11.5 Å². The van der Waals surface area contributed by atoms with Gasteiger partial charge in [0.2, 0.25) is 5.90 Å². The lowest BCUT2D eigenvalue weighted by molar-refractivity contribution is -0.129. The van der Waals surface area contributed by atoms with E-state index in [1.807, 2.05) is 43.3 Å². The Kier molecular flexibility index (Phi) is 7.57. The molecule has 0 spiro atoms. The fourth-order valence-corrected chi connectivity index (χ4v) is 3.94. The van der Waals surface area contributed by atoms with Crippen molar-refractivity contribution in [3.05, 3.63) is 96.7 Å². The molecule has 0 aliphatic carbocycles. The van der Waals surface area contributed by atoms with Gasteiger partial charge in [0, 0.05) is 8.59 Å². The molecule has 3 aromatic rings.